The Morgan fingerprint density at radius 3 is 3.00 bits per heavy atom. The van der Waals surface area contributed by atoms with Gasteiger partial charge in [0.1, 0.15) is 6.20 Å². The minimum Gasteiger partial charge on any atom is -0.339 e. The van der Waals surface area contributed by atoms with E-state index in [1.165, 1.54) is 0 Å². The third-order valence-corrected chi connectivity index (χ3v) is 0.971. The number of imidazole rings is 1. The Labute approximate surface area is 49.1 Å². The number of halogens is 1. The van der Waals surface area contributed by atoms with Crippen LogP contribution < -0.4 is 0 Å². The van der Waals surface area contributed by atoms with Crippen LogP contribution >= 0.6 is 22.6 Å². The van der Waals surface area contributed by atoms with Gasteiger partial charge in [0, 0.05) is 6.20 Å². The fourth-order valence-corrected chi connectivity index (χ4v) is 0.508. The average molecular weight is 193 g/mol. The minimum absolute atomic E-state index is 0.882. The highest BCUT2D eigenvalue weighted by Crippen LogP contribution is 1.89. The first-order chi connectivity index (χ1) is 2.89. The highest BCUT2D eigenvalue weighted by Gasteiger charge is 1.77. The van der Waals surface area contributed by atoms with Gasteiger partial charge in [-0.2, -0.15) is 0 Å². The van der Waals surface area contributed by atoms with Gasteiger partial charge >= 0.3 is 0 Å². The molecular weight excluding hydrogens is 191 g/mol. The zero-order chi connectivity index (χ0) is 4.41. The first-order valence-corrected chi connectivity index (χ1v) is 2.54. The van der Waals surface area contributed by atoms with E-state index in [1.807, 2.05) is 0 Å². The van der Waals surface area contributed by atoms with Crippen molar-refractivity contribution in [3.05, 3.63) is 16.2 Å². The van der Waals surface area contributed by atoms with Gasteiger partial charge in [0.05, 0.1) is 0 Å². The summed E-state index contributed by atoms with van der Waals surface area (Å²) in [5, 5.41) is 0. The molecule has 0 saturated carbocycles. The summed E-state index contributed by atoms with van der Waals surface area (Å²) in [4.78, 5) is 6.54. The summed E-state index contributed by atoms with van der Waals surface area (Å²) in [5.74, 6) is 0. The quantitative estimate of drug-likeness (QED) is 0.607. The van der Waals surface area contributed by atoms with Crippen LogP contribution in [-0.4, -0.2) is 9.97 Å². The maximum atomic E-state index is 3.72. The second kappa shape index (κ2) is 1.59. The largest absolute Gasteiger partial charge is 0.339 e. The van der Waals surface area contributed by atoms with Crippen molar-refractivity contribution < 1.29 is 0 Å². The van der Waals surface area contributed by atoms with Gasteiger partial charge in [0.2, 0.25) is 0 Å². The van der Waals surface area contributed by atoms with Gasteiger partial charge in [-0.1, -0.05) is 0 Å². The van der Waals surface area contributed by atoms with Crippen molar-refractivity contribution >= 4 is 22.6 Å². The third kappa shape index (κ3) is 0.707. The smallest absolute Gasteiger partial charge is 0.169 e. The fraction of sp³-hybridized carbons (Fsp3) is 0. The Morgan fingerprint density at radius 2 is 2.83 bits per heavy atom. The number of aromatic amines is 1. The van der Waals surface area contributed by atoms with Crippen molar-refractivity contribution in [1.82, 2.24) is 9.97 Å². The van der Waals surface area contributed by atoms with Gasteiger partial charge in [0.25, 0.3) is 0 Å². The highest BCUT2D eigenvalue weighted by molar-refractivity contribution is 14.1. The maximum absolute atomic E-state index is 3.72. The molecule has 0 aliphatic rings. The number of hydrogen-bond acceptors (Lipinski definition) is 1. The second-order valence-corrected chi connectivity index (χ2v) is 1.84. The van der Waals surface area contributed by atoms with E-state index < -0.39 is 0 Å². The lowest BCUT2D eigenvalue weighted by atomic mass is 11.0. The molecule has 6 heavy (non-hydrogen) atoms. The minimum atomic E-state index is 0.882. The summed E-state index contributed by atoms with van der Waals surface area (Å²) in [6.45, 7) is 0. The topological polar surface area (TPSA) is 28.7 Å². The van der Waals surface area contributed by atoms with Crippen LogP contribution in [0.15, 0.2) is 6.20 Å². The van der Waals surface area contributed by atoms with Crippen molar-refractivity contribution in [3.8, 4) is 0 Å². The van der Waals surface area contributed by atoms with Gasteiger partial charge in [-0.05, 0) is 22.6 Å². The van der Waals surface area contributed by atoms with Gasteiger partial charge in [0.15, 0.2) is 3.83 Å². The van der Waals surface area contributed by atoms with E-state index >= 15 is 0 Å². The Bertz CT molecular complexity index is 112. The summed E-state index contributed by atoms with van der Waals surface area (Å²) in [7, 11) is 0. The molecule has 3 heteroatoms. The van der Waals surface area contributed by atoms with E-state index in [9.17, 15) is 0 Å². The van der Waals surface area contributed by atoms with Gasteiger partial charge in [-0.25, -0.2) is 4.98 Å². The molecule has 1 aromatic rings. The van der Waals surface area contributed by atoms with E-state index in [1.54, 1.807) is 6.20 Å². The lowest BCUT2D eigenvalue weighted by Gasteiger charge is -1.65. The number of nitrogens with zero attached hydrogens (tertiary/aromatic N) is 1. The predicted octanol–water partition coefficient (Wildman–Crippen LogP) is 0.814. The van der Waals surface area contributed by atoms with Crippen LogP contribution in [0.2, 0.25) is 0 Å². The molecule has 1 rings (SSSR count). The SMILES string of the molecule is Ic1n[c]c[nH]1. The van der Waals surface area contributed by atoms with Gasteiger partial charge in [-0.3, -0.25) is 0 Å². The van der Waals surface area contributed by atoms with Crippen molar-refractivity contribution in [2.45, 2.75) is 0 Å². The molecule has 0 saturated heterocycles. The van der Waals surface area contributed by atoms with Crippen LogP contribution in [0.1, 0.15) is 0 Å². The van der Waals surface area contributed by atoms with Crippen LogP contribution in [0.3, 0.4) is 0 Å². The van der Waals surface area contributed by atoms with Crippen molar-refractivity contribution in [2.75, 3.05) is 0 Å². The second-order valence-electron chi connectivity index (χ2n) is 0.820. The van der Waals surface area contributed by atoms with E-state index in [0.717, 1.165) is 3.83 Å². The average Bonchev–Trinajstić information content (AvgIpc) is 1.86. The van der Waals surface area contributed by atoms with Gasteiger partial charge in [-0.15, -0.1) is 0 Å². The van der Waals surface area contributed by atoms with E-state index in [2.05, 4.69) is 38.8 Å². The highest BCUT2D eigenvalue weighted by atomic mass is 127. The molecule has 0 unspecified atom stereocenters. The molecule has 0 aromatic carbocycles. The molecule has 1 radical (unpaired) electrons. The van der Waals surface area contributed by atoms with Crippen LogP contribution in [0.4, 0.5) is 0 Å². The summed E-state index contributed by atoms with van der Waals surface area (Å²) in [6.07, 6.45) is 4.28. The van der Waals surface area contributed by atoms with E-state index in [-0.39, 0.29) is 0 Å². The van der Waals surface area contributed by atoms with Crippen LogP contribution in [-0.2, 0) is 0 Å². The fourth-order valence-electron chi connectivity index (χ4n) is 0.213. The number of hydrogen-bond donors (Lipinski definition) is 1. The standard InChI is InChI=1S/C3H2IN2/c4-3-5-1-2-6-3/h1H,(H,5,6). The number of rotatable bonds is 0. The zero-order valence-corrected chi connectivity index (χ0v) is 5.06. The molecular formula is C3H2IN2. The maximum Gasteiger partial charge on any atom is 0.169 e. The molecule has 0 fully saturated rings. The predicted molar refractivity (Wildman–Crippen MR) is 30.1 cm³/mol. The Kier molecular flexibility index (Phi) is 1.09. The summed E-state index contributed by atoms with van der Waals surface area (Å²) >= 11 is 2.08. The van der Waals surface area contributed by atoms with Crippen LogP contribution in [0.25, 0.3) is 0 Å². The van der Waals surface area contributed by atoms with Crippen molar-refractivity contribution in [3.63, 3.8) is 0 Å². The Balaban J connectivity index is 3.05. The zero-order valence-electron chi connectivity index (χ0n) is 2.90. The van der Waals surface area contributed by atoms with E-state index in [0.29, 0.717) is 0 Å². The molecule has 0 bridgehead atoms. The van der Waals surface area contributed by atoms with Crippen molar-refractivity contribution in [1.29, 1.82) is 0 Å². The number of aromatic nitrogens is 2. The molecule has 0 amide bonds. The summed E-state index contributed by atoms with van der Waals surface area (Å²) in [5.41, 5.74) is 0. The molecule has 0 spiro atoms. The molecule has 1 aromatic heterocycles. The summed E-state index contributed by atoms with van der Waals surface area (Å²) in [6, 6.07) is 0. The number of H-pyrrole nitrogens is 1. The molecule has 1 heterocycles. The third-order valence-electron chi connectivity index (χ3n) is 0.419. The molecule has 0 aliphatic carbocycles. The molecule has 31 valence electrons. The van der Waals surface area contributed by atoms with Crippen LogP contribution in [0, 0.1) is 10.0 Å². The lowest BCUT2D eigenvalue weighted by molar-refractivity contribution is 1.23. The normalized spacial score (nSPS) is 8.83. The molecule has 0 atom stereocenters. The molecule has 1 N–H and O–H groups in total. The number of nitrogens with one attached hydrogen (secondary N) is 1. The van der Waals surface area contributed by atoms with Crippen molar-refractivity contribution in [2.24, 2.45) is 0 Å². The molecule has 0 aliphatic heterocycles. The van der Waals surface area contributed by atoms with E-state index in [4.69, 9.17) is 0 Å². The molecule has 2 nitrogen and oxygen atoms in total. The monoisotopic (exact) mass is 193 g/mol. The first-order valence-electron chi connectivity index (χ1n) is 1.46. The lowest BCUT2D eigenvalue weighted by Crippen LogP contribution is -1.65. The Hall–Kier alpha value is -0.0600. The Morgan fingerprint density at radius 1 is 2.00 bits per heavy atom. The van der Waals surface area contributed by atoms with Crippen LogP contribution in [0.5, 0.6) is 0 Å². The van der Waals surface area contributed by atoms with Gasteiger partial charge < -0.3 is 4.98 Å². The summed E-state index contributed by atoms with van der Waals surface area (Å²) < 4.78 is 0.882. The first kappa shape index (κ1) is 4.11.